The van der Waals surface area contributed by atoms with E-state index < -0.39 is 11.7 Å². The van der Waals surface area contributed by atoms with Crippen LogP contribution in [0.1, 0.15) is 25.7 Å². The molecule has 0 bridgehead atoms. The first-order valence-electron chi connectivity index (χ1n) is 6.42. The van der Waals surface area contributed by atoms with Crippen LogP contribution in [0.15, 0.2) is 4.79 Å². The van der Waals surface area contributed by atoms with Crippen molar-refractivity contribution in [2.24, 2.45) is 0 Å². The summed E-state index contributed by atoms with van der Waals surface area (Å²) < 4.78 is 2.10. The van der Waals surface area contributed by atoms with Crippen LogP contribution in [0, 0.1) is 0 Å². The molecule has 1 aromatic rings. The number of nitrogens with one attached hydrogen (secondary N) is 2. The van der Waals surface area contributed by atoms with Gasteiger partial charge in [0.05, 0.1) is 0 Å². The fourth-order valence-corrected chi connectivity index (χ4v) is 2.28. The third kappa shape index (κ3) is 2.56. The average Bonchev–Trinajstić information content (AvgIpc) is 2.96. The number of nitrogens with zero attached hydrogens (tertiary/aromatic N) is 4. The Morgan fingerprint density at radius 2 is 2.00 bits per heavy atom. The monoisotopic (exact) mass is 268 g/mol. The van der Waals surface area contributed by atoms with Gasteiger partial charge in [-0.1, -0.05) is 12.8 Å². The number of carbonyl (C=O) groups excluding carboxylic acids is 1. The van der Waals surface area contributed by atoms with Crippen LogP contribution in [0.25, 0.3) is 0 Å². The van der Waals surface area contributed by atoms with E-state index in [4.69, 9.17) is 0 Å². The molecule has 1 aromatic heterocycles. The molecule has 2 rings (SSSR count). The number of hydrogen-bond acceptors (Lipinski definition) is 5. The van der Waals surface area contributed by atoms with E-state index in [-0.39, 0.29) is 6.04 Å². The van der Waals surface area contributed by atoms with E-state index in [9.17, 15) is 9.59 Å². The first-order chi connectivity index (χ1) is 9.04. The van der Waals surface area contributed by atoms with Gasteiger partial charge >= 0.3 is 11.7 Å². The summed E-state index contributed by atoms with van der Waals surface area (Å²) in [4.78, 5) is 25.8. The van der Waals surface area contributed by atoms with E-state index in [0.717, 1.165) is 30.4 Å². The highest BCUT2D eigenvalue weighted by molar-refractivity contribution is 5.76. The summed E-state index contributed by atoms with van der Waals surface area (Å²) in [6, 6.07) is -0.309. The van der Waals surface area contributed by atoms with Crippen molar-refractivity contribution in [3.05, 3.63) is 10.5 Å². The van der Waals surface area contributed by atoms with Crippen LogP contribution in [-0.2, 0) is 0 Å². The topological polar surface area (TPSA) is 84.2 Å². The molecule has 0 saturated heterocycles. The van der Waals surface area contributed by atoms with Crippen LogP contribution < -0.4 is 21.3 Å². The number of aromatic nitrogens is 3. The number of carbonyl (C=O) groups is 1. The summed E-state index contributed by atoms with van der Waals surface area (Å²) in [5.41, 5.74) is 2.21. The quantitative estimate of drug-likeness (QED) is 0.792. The van der Waals surface area contributed by atoms with Crippen molar-refractivity contribution in [3.8, 4) is 0 Å². The molecule has 1 aliphatic rings. The largest absolute Gasteiger partial charge is 0.375 e. The van der Waals surface area contributed by atoms with E-state index in [1.165, 1.54) is 4.68 Å². The zero-order chi connectivity index (χ0) is 14.0. The Labute approximate surface area is 111 Å². The lowest BCUT2D eigenvalue weighted by molar-refractivity contribution is 0.235. The summed E-state index contributed by atoms with van der Waals surface area (Å²) in [7, 11) is 5.12. The molecule has 0 radical (unpaired) electrons. The van der Waals surface area contributed by atoms with Gasteiger partial charge in [-0.15, -0.1) is 9.78 Å². The van der Waals surface area contributed by atoms with Crippen molar-refractivity contribution >= 4 is 12.0 Å². The van der Waals surface area contributed by atoms with Crippen molar-refractivity contribution < 1.29 is 4.79 Å². The van der Waals surface area contributed by atoms with E-state index >= 15 is 0 Å². The van der Waals surface area contributed by atoms with Crippen LogP contribution in [0.2, 0.25) is 0 Å². The second kappa shape index (κ2) is 5.33. The maximum absolute atomic E-state index is 12.1. The molecule has 8 heteroatoms. The van der Waals surface area contributed by atoms with Crippen LogP contribution >= 0.6 is 0 Å². The minimum absolute atomic E-state index is 0.155. The molecule has 0 unspecified atom stereocenters. The van der Waals surface area contributed by atoms with Crippen LogP contribution in [-0.4, -0.2) is 47.7 Å². The van der Waals surface area contributed by atoms with E-state index in [1.807, 2.05) is 0 Å². The predicted molar refractivity (Wildman–Crippen MR) is 72.3 cm³/mol. The summed E-state index contributed by atoms with van der Waals surface area (Å²) in [6.45, 7) is 0. The minimum Gasteiger partial charge on any atom is -0.346 e. The fraction of sp³-hybridized carbons (Fsp3) is 0.727. The Bertz CT molecular complexity index is 512. The molecule has 0 aliphatic heterocycles. The first kappa shape index (κ1) is 13.4. The smallest absolute Gasteiger partial charge is 0.346 e. The number of rotatable bonds is 3. The lowest BCUT2D eigenvalue weighted by atomic mass is 10.3. The molecule has 1 aliphatic carbocycles. The van der Waals surface area contributed by atoms with Gasteiger partial charge in [-0.3, -0.25) is 0 Å². The van der Waals surface area contributed by atoms with Gasteiger partial charge in [0, 0.05) is 27.2 Å². The van der Waals surface area contributed by atoms with Crippen molar-refractivity contribution in [1.82, 2.24) is 19.8 Å². The van der Waals surface area contributed by atoms with Crippen molar-refractivity contribution in [3.63, 3.8) is 0 Å². The minimum atomic E-state index is -0.498. The normalized spacial score (nSPS) is 15.5. The van der Waals surface area contributed by atoms with E-state index in [1.54, 1.807) is 26.0 Å². The number of amides is 1. The Morgan fingerprint density at radius 1 is 1.37 bits per heavy atom. The molecule has 2 N–H and O–H groups in total. The van der Waals surface area contributed by atoms with Crippen molar-refractivity contribution in [2.75, 3.05) is 31.5 Å². The van der Waals surface area contributed by atoms with Gasteiger partial charge < -0.3 is 15.6 Å². The lowest BCUT2D eigenvalue weighted by Gasteiger charge is -2.11. The van der Waals surface area contributed by atoms with Gasteiger partial charge in [0.2, 0.25) is 5.95 Å². The highest BCUT2D eigenvalue weighted by Gasteiger charge is 2.22. The Morgan fingerprint density at radius 3 is 2.47 bits per heavy atom. The molecule has 1 heterocycles. The highest BCUT2D eigenvalue weighted by atomic mass is 16.2. The van der Waals surface area contributed by atoms with Gasteiger partial charge in [-0.25, -0.2) is 9.59 Å². The molecule has 8 nitrogen and oxygen atoms in total. The number of hydrogen-bond donors (Lipinski definition) is 2. The van der Waals surface area contributed by atoms with Gasteiger partial charge in [0.1, 0.15) is 0 Å². The SMILES string of the molecule is CNn1c(N(C)C)nn(C(=O)NC2CCCC2)c1=O. The van der Waals surface area contributed by atoms with E-state index in [2.05, 4.69) is 15.8 Å². The third-order valence-electron chi connectivity index (χ3n) is 3.26. The molecular weight excluding hydrogens is 248 g/mol. The maximum Gasteiger partial charge on any atom is 0.375 e. The highest BCUT2D eigenvalue weighted by Crippen LogP contribution is 2.17. The van der Waals surface area contributed by atoms with Gasteiger partial charge in [-0.05, 0) is 12.8 Å². The number of anilines is 1. The molecule has 106 valence electrons. The van der Waals surface area contributed by atoms with Gasteiger partial charge in [-0.2, -0.15) is 4.68 Å². The van der Waals surface area contributed by atoms with Gasteiger partial charge in [0.15, 0.2) is 0 Å². The third-order valence-corrected chi connectivity index (χ3v) is 3.26. The standard InChI is InChI=1S/C11H20N6O2/c1-12-16-9(15(2)3)14-17(11(16)19)10(18)13-8-6-4-5-7-8/h8,12H,4-7H2,1-3H3,(H,13,18). The molecule has 0 atom stereocenters. The molecule has 19 heavy (non-hydrogen) atoms. The molecular formula is C11H20N6O2. The molecule has 0 aromatic carbocycles. The Kier molecular flexibility index (Phi) is 3.77. The predicted octanol–water partition coefficient (Wildman–Crippen LogP) is -0.216. The zero-order valence-electron chi connectivity index (χ0n) is 11.5. The first-order valence-corrected chi connectivity index (χ1v) is 6.42. The van der Waals surface area contributed by atoms with Crippen molar-refractivity contribution in [1.29, 1.82) is 0 Å². The van der Waals surface area contributed by atoms with Gasteiger partial charge in [0.25, 0.3) is 0 Å². The molecule has 1 saturated carbocycles. The van der Waals surface area contributed by atoms with E-state index in [0.29, 0.717) is 5.95 Å². The van der Waals surface area contributed by atoms with Crippen LogP contribution in [0.5, 0.6) is 0 Å². The average molecular weight is 268 g/mol. The summed E-state index contributed by atoms with van der Waals surface area (Å²) in [5, 5.41) is 6.88. The summed E-state index contributed by atoms with van der Waals surface area (Å²) >= 11 is 0. The van der Waals surface area contributed by atoms with Crippen LogP contribution in [0.4, 0.5) is 10.7 Å². The molecule has 0 spiro atoms. The fourth-order valence-electron chi connectivity index (χ4n) is 2.28. The Hall–Kier alpha value is -1.99. The second-order valence-electron chi connectivity index (χ2n) is 4.88. The Balaban J connectivity index is 2.24. The van der Waals surface area contributed by atoms with Crippen LogP contribution in [0.3, 0.4) is 0 Å². The molecule has 1 fully saturated rings. The molecule has 1 amide bonds. The summed E-state index contributed by atoms with van der Waals surface area (Å²) in [6.07, 6.45) is 4.17. The maximum atomic E-state index is 12.1. The zero-order valence-corrected chi connectivity index (χ0v) is 11.5. The van der Waals surface area contributed by atoms with Crippen molar-refractivity contribution in [2.45, 2.75) is 31.7 Å². The second-order valence-corrected chi connectivity index (χ2v) is 4.88. The summed E-state index contributed by atoms with van der Waals surface area (Å²) in [5.74, 6) is 0.383. The lowest BCUT2D eigenvalue weighted by Crippen LogP contribution is -2.42.